The van der Waals surface area contributed by atoms with Gasteiger partial charge in [-0.15, -0.1) is 0 Å². The number of alkyl halides is 3. The van der Waals surface area contributed by atoms with E-state index in [2.05, 4.69) is 29.6 Å². The summed E-state index contributed by atoms with van der Waals surface area (Å²) in [6, 6.07) is 10.5. The van der Waals surface area contributed by atoms with E-state index in [0.29, 0.717) is 6.10 Å². The van der Waals surface area contributed by atoms with Crippen LogP contribution in [0.2, 0.25) is 0 Å². The Balaban J connectivity index is 0.000000246. The molecule has 1 aliphatic rings. The summed E-state index contributed by atoms with van der Waals surface area (Å²) in [6.45, 7) is 2.82. The van der Waals surface area contributed by atoms with Gasteiger partial charge in [-0.2, -0.15) is 13.2 Å². The largest absolute Gasteiger partial charge is 0.490 e. The van der Waals surface area contributed by atoms with Crippen LogP contribution in [0.25, 0.3) is 0 Å². The van der Waals surface area contributed by atoms with Gasteiger partial charge in [-0.1, -0.05) is 30.3 Å². The molecule has 0 spiro atoms. The summed E-state index contributed by atoms with van der Waals surface area (Å²) in [5.74, 6) is -2.76. The number of rotatable bonds is 2. The average Bonchev–Trinajstić information content (AvgIpc) is 2.40. The van der Waals surface area contributed by atoms with E-state index in [1.165, 1.54) is 5.56 Å². The lowest BCUT2D eigenvalue weighted by Crippen LogP contribution is -2.39. The molecule has 1 aliphatic heterocycles. The molecular formula is C13H16F3NO3. The molecule has 0 bridgehead atoms. The van der Waals surface area contributed by atoms with Gasteiger partial charge in [0, 0.05) is 13.1 Å². The average molecular weight is 291 g/mol. The van der Waals surface area contributed by atoms with Gasteiger partial charge in [-0.05, 0) is 12.0 Å². The second-order valence-corrected chi connectivity index (χ2v) is 4.19. The first-order valence-electron chi connectivity index (χ1n) is 6.06. The minimum Gasteiger partial charge on any atom is -0.475 e. The van der Waals surface area contributed by atoms with Gasteiger partial charge in [0.15, 0.2) is 0 Å². The third-order valence-electron chi connectivity index (χ3n) is 2.55. The summed E-state index contributed by atoms with van der Waals surface area (Å²) in [5.41, 5.74) is 1.36. The van der Waals surface area contributed by atoms with E-state index in [-0.39, 0.29) is 0 Å². The van der Waals surface area contributed by atoms with Crippen LogP contribution in [0.15, 0.2) is 30.3 Å². The van der Waals surface area contributed by atoms with Crippen LogP contribution in [0.3, 0.4) is 0 Å². The fourth-order valence-corrected chi connectivity index (χ4v) is 1.63. The normalized spacial score (nSPS) is 18.9. The number of carbonyl (C=O) groups is 1. The molecule has 1 aromatic rings. The first kappa shape index (κ1) is 16.5. The van der Waals surface area contributed by atoms with Crippen molar-refractivity contribution in [2.24, 2.45) is 0 Å². The van der Waals surface area contributed by atoms with Crippen LogP contribution in [-0.4, -0.2) is 43.1 Å². The third kappa shape index (κ3) is 6.53. The van der Waals surface area contributed by atoms with Gasteiger partial charge in [0.2, 0.25) is 0 Å². The summed E-state index contributed by atoms with van der Waals surface area (Å²) in [4.78, 5) is 8.90. The quantitative estimate of drug-likeness (QED) is 0.873. The molecule has 1 unspecified atom stereocenters. The van der Waals surface area contributed by atoms with Crippen LogP contribution >= 0.6 is 0 Å². The van der Waals surface area contributed by atoms with Crippen molar-refractivity contribution >= 4 is 5.97 Å². The van der Waals surface area contributed by atoms with Gasteiger partial charge in [-0.25, -0.2) is 4.79 Å². The number of hydrogen-bond donors (Lipinski definition) is 2. The predicted octanol–water partition coefficient (Wildman–Crippen LogP) is 1.85. The van der Waals surface area contributed by atoms with Crippen molar-refractivity contribution in [3.8, 4) is 0 Å². The van der Waals surface area contributed by atoms with Crippen LogP contribution in [0.1, 0.15) is 5.56 Å². The first-order valence-corrected chi connectivity index (χ1v) is 6.06. The van der Waals surface area contributed by atoms with E-state index in [0.717, 1.165) is 26.1 Å². The fourth-order valence-electron chi connectivity index (χ4n) is 1.63. The second-order valence-electron chi connectivity index (χ2n) is 4.19. The zero-order valence-corrected chi connectivity index (χ0v) is 10.7. The minimum absolute atomic E-state index is 0.358. The Morgan fingerprint density at radius 1 is 1.35 bits per heavy atom. The lowest BCUT2D eigenvalue weighted by molar-refractivity contribution is -0.192. The number of benzene rings is 1. The maximum absolute atomic E-state index is 10.6. The van der Waals surface area contributed by atoms with Gasteiger partial charge in [0.05, 0.1) is 12.7 Å². The molecule has 112 valence electrons. The number of carboxylic acid groups (broad SMARTS) is 1. The standard InChI is InChI=1S/C11H15NO.C2HF3O2/c1-2-4-10(5-3-1)8-11-9-12-6-7-13-11;3-2(4,5)1(6)7/h1-5,11-12H,6-9H2;(H,6,7). The second kappa shape index (κ2) is 7.86. The Kier molecular flexibility index (Phi) is 6.47. The van der Waals surface area contributed by atoms with E-state index in [1.54, 1.807) is 0 Å². The van der Waals surface area contributed by atoms with Crippen molar-refractivity contribution in [3.63, 3.8) is 0 Å². The first-order chi connectivity index (χ1) is 9.39. The Labute approximate surface area is 114 Å². The Bertz CT molecular complexity index is 403. The molecule has 0 amide bonds. The summed E-state index contributed by atoms with van der Waals surface area (Å²) >= 11 is 0. The van der Waals surface area contributed by atoms with E-state index >= 15 is 0 Å². The molecule has 1 saturated heterocycles. The SMILES string of the molecule is O=C(O)C(F)(F)F.c1ccc(CC2CNCCO2)cc1. The van der Waals surface area contributed by atoms with E-state index in [4.69, 9.17) is 14.6 Å². The van der Waals surface area contributed by atoms with Crippen LogP contribution in [0.5, 0.6) is 0 Å². The Morgan fingerprint density at radius 3 is 2.40 bits per heavy atom. The molecule has 1 fully saturated rings. The van der Waals surface area contributed by atoms with Gasteiger partial charge >= 0.3 is 12.1 Å². The number of ether oxygens (including phenoxy) is 1. The summed E-state index contributed by atoms with van der Waals surface area (Å²) in [5, 5.41) is 10.5. The highest BCUT2D eigenvalue weighted by molar-refractivity contribution is 5.73. The predicted molar refractivity (Wildman–Crippen MR) is 66.4 cm³/mol. The number of aliphatic carboxylic acids is 1. The van der Waals surface area contributed by atoms with Crippen molar-refractivity contribution in [1.82, 2.24) is 5.32 Å². The summed E-state index contributed by atoms with van der Waals surface area (Å²) in [7, 11) is 0. The van der Waals surface area contributed by atoms with Crippen LogP contribution in [-0.2, 0) is 16.0 Å². The van der Waals surface area contributed by atoms with Gasteiger partial charge in [0.25, 0.3) is 0 Å². The molecule has 0 aliphatic carbocycles. The molecular weight excluding hydrogens is 275 g/mol. The van der Waals surface area contributed by atoms with E-state index < -0.39 is 12.1 Å². The molecule has 1 aromatic carbocycles. The van der Waals surface area contributed by atoms with Gasteiger partial charge in [-0.3, -0.25) is 0 Å². The molecule has 0 saturated carbocycles. The number of morpholine rings is 1. The molecule has 7 heteroatoms. The third-order valence-corrected chi connectivity index (χ3v) is 2.55. The molecule has 4 nitrogen and oxygen atoms in total. The molecule has 0 radical (unpaired) electrons. The molecule has 2 rings (SSSR count). The zero-order chi connectivity index (χ0) is 15.0. The summed E-state index contributed by atoms with van der Waals surface area (Å²) < 4.78 is 37.4. The fraction of sp³-hybridized carbons (Fsp3) is 0.462. The highest BCUT2D eigenvalue weighted by atomic mass is 19.4. The maximum Gasteiger partial charge on any atom is 0.490 e. The molecule has 1 atom stereocenters. The topological polar surface area (TPSA) is 58.6 Å². The molecule has 20 heavy (non-hydrogen) atoms. The van der Waals surface area contributed by atoms with E-state index in [1.807, 2.05) is 6.07 Å². The van der Waals surface area contributed by atoms with E-state index in [9.17, 15) is 13.2 Å². The monoisotopic (exact) mass is 291 g/mol. The number of carboxylic acids is 1. The maximum atomic E-state index is 10.6. The van der Waals surface area contributed by atoms with Crippen molar-refractivity contribution in [3.05, 3.63) is 35.9 Å². The van der Waals surface area contributed by atoms with Crippen molar-refractivity contribution < 1.29 is 27.8 Å². The number of hydrogen-bond acceptors (Lipinski definition) is 3. The van der Waals surface area contributed by atoms with Gasteiger partial charge < -0.3 is 15.2 Å². The smallest absolute Gasteiger partial charge is 0.475 e. The number of halogens is 3. The van der Waals surface area contributed by atoms with Crippen molar-refractivity contribution in [2.45, 2.75) is 18.7 Å². The lowest BCUT2D eigenvalue weighted by Gasteiger charge is -2.23. The molecule has 2 N–H and O–H groups in total. The molecule has 1 heterocycles. The highest BCUT2D eigenvalue weighted by Crippen LogP contribution is 2.13. The number of nitrogens with one attached hydrogen (secondary N) is 1. The van der Waals surface area contributed by atoms with Crippen LogP contribution < -0.4 is 5.32 Å². The van der Waals surface area contributed by atoms with Crippen LogP contribution in [0.4, 0.5) is 13.2 Å². The lowest BCUT2D eigenvalue weighted by atomic mass is 10.1. The Hall–Kier alpha value is -1.60. The minimum atomic E-state index is -5.08. The molecule has 0 aromatic heterocycles. The Morgan fingerprint density at radius 2 is 1.95 bits per heavy atom. The van der Waals surface area contributed by atoms with Crippen molar-refractivity contribution in [2.75, 3.05) is 19.7 Å². The highest BCUT2D eigenvalue weighted by Gasteiger charge is 2.38. The van der Waals surface area contributed by atoms with Gasteiger partial charge in [0.1, 0.15) is 0 Å². The van der Waals surface area contributed by atoms with Crippen LogP contribution in [0, 0.1) is 0 Å². The summed E-state index contributed by atoms with van der Waals surface area (Å²) in [6.07, 6.45) is -3.70. The zero-order valence-electron chi connectivity index (χ0n) is 10.7. The van der Waals surface area contributed by atoms with Crippen molar-refractivity contribution in [1.29, 1.82) is 0 Å².